The summed E-state index contributed by atoms with van der Waals surface area (Å²) in [4.78, 5) is 7.16. The van der Waals surface area contributed by atoms with Crippen LogP contribution in [0, 0.1) is 5.92 Å². The van der Waals surface area contributed by atoms with Gasteiger partial charge in [-0.2, -0.15) is 0 Å². The lowest BCUT2D eigenvalue weighted by Gasteiger charge is -2.18. The van der Waals surface area contributed by atoms with E-state index in [2.05, 4.69) is 36.4 Å². The Morgan fingerprint density at radius 3 is 2.88 bits per heavy atom. The van der Waals surface area contributed by atoms with Crippen LogP contribution in [0.5, 0.6) is 0 Å². The van der Waals surface area contributed by atoms with Crippen LogP contribution in [0.3, 0.4) is 0 Å². The highest BCUT2D eigenvalue weighted by Gasteiger charge is 2.29. The lowest BCUT2D eigenvalue weighted by Crippen LogP contribution is -2.25. The van der Waals surface area contributed by atoms with E-state index in [1.165, 1.54) is 23.7 Å². The number of thiazole rings is 1. The van der Waals surface area contributed by atoms with Gasteiger partial charge < -0.3 is 10.2 Å². The van der Waals surface area contributed by atoms with Crippen LogP contribution >= 0.6 is 11.3 Å². The molecule has 96 valence electrons. The molecule has 0 bridgehead atoms. The SMILES string of the molecule is CCN(c1nc(CNCC(C)C)cs1)C1CC1. The second-order valence-electron chi connectivity index (χ2n) is 5.16. The average molecular weight is 253 g/mol. The van der Waals surface area contributed by atoms with Crippen LogP contribution in [0.2, 0.25) is 0 Å². The normalized spacial score (nSPS) is 15.5. The number of aromatic nitrogens is 1. The third kappa shape index (κ3) is 3.68. The van der Waals surface area contributed by atoms with Gasteiger partial charge in [-0.1, -0.05) is 13.8 Å². The first-order chi connectivity index (χ1) is 8.20. The summed E-state index contributed by atoms with van der Waals surface area (Å²) < 4.78 is 0. The van der Waals surface area contributed by atoms with E-state index in [1.54, 1.807) is 11.3 Å². The van der Waals surface area contributed by atoms with E-state index >= 15 is 0 Å². The summed E-state index contributed by atoms with van der Waals surface area (Å²) in [6.07, 6.45) is 2.68. The van der Waals surface area contributed by atoms with Crippen molar-refractivity contribution < 1.29 is 0 Å². The Morgan fingerprint density at radius 1 is 1.53 bits per heavy atom. The molecule has 0 spiro atoms. The molecule has 1 aliphatic rings. The van der Waals surface area contributed by atoms with Crippen LogP contribution in [0.1, 0.15) is 39.3 Å². The van der Waals surface area contributed by atoms with E-state index in [4.69, 9.17) is 4.98 Å². The van der Waals surface area contributed by atoms with Crippen molar-refractivity contribution in [2.45, 2.75) is 46.2 Å². The zero-order valence-corrected chi connectivity index (χ0v) is 11.9. The van der Waals surface area contributed by atoms with Gasteiger partial charge in [0.15, 0.2) is 5.13 Å². The van der Waals surface area contributed by atoms with Crippen molar-refractivity contribution in [2.24, 2.45) is 5.92 Å². The molecule has 1 aromatic heterocycles. The van der Waals surface area contributed by atoms with Crippen molar-refractivity contribution in [3.05, 3.63) is 11.1 Å². The number of hydrogen-bond acceptors (Lipinski definition) is 4. The zero-order chi connectivity index (χ0) is 12.3. The van der Waals surface area contributed by atoms with Gasteiger partial charge in [-0.15, -0.1) is 11.3 Å². The Kier molecular flexibility index (Phi) is 4.40. The number of anilines is 1. The average Bonchev–Trinajstić information content (AvgIpc) is 3.00. The highest BCUT2D eigenvalue weighted by molar-refractivity contribution is 7.13. The van der Waals surface area contributed by atoms with Gasteiger partial charge in [0.1, 0.15) is 0 Å². The Morgan fingerprint density at radius 2 is 2.29 bits per heavy atom. The minimum Gasteiger partial charge on any atom is -0.345 e. The summed E-state index contributed by atoms with van der Waals surface area (Å²) in [5.41, 5.74) is 1.18. The molecule has 0 aromatic carbocycles. The van der Waals surface area contributed by atoms with Gasteiger partial charge in [0, 0.05) is 24.5 Å². The van der Waals surface area contributed by atoms with E-state index in [-0.39, 0.29) is 0 Å². The van der Waals surface area contributed by atoms with Crippen LogP contribution < -0.4 is 10.2 Å². The highest BCUT2D eigenvalue weighted by atomic mass is 32.1. The molecule has 0 saturated heterocycles. The molecule has 1 fully saturated rings. The first-order valence-electron chi connectivity index (χ1n) is 6.62. The van der Waals surface area contributed by atoms with Gasteiger partial charge in [0.2, 0.25) is 0 Å². The van der Waals surface area contributed by atoms with Crippen molar-refractivity contribution in [1.82, 2.24) is 10.3 Å². The fourth-order valence-electron chi connectivity index (χ4n) is 1.93. The zero-order valence-electron chi connectivity index (χ0n) is 11.1. The quantitative estimate of drug-likeness (QED) is 0.810. The van der Waals surface area contributed by atoms with Gasteiger partial charge in [-0.3, -0.25) is 0 Å². The topological polar surface area (TPSA) is 28.2 Å². The standard InChI is InChI=1S/C13H23N3S/c1-4-16(12-5-6-12)13-15-11(9-17-13)8-14-7-10(2)3/h9-10,12,14H,4-8H2,1-3H3. The van der Waals surface area contributed by atoms with Crippen LogP contribution in [0.25, 0.3) is 0 Å². The third-order valence-electron chi connectivity index (χ3n) is 2.97. The lowest BCUT2D eigenvalue weighted by molar-refractivity contribution is 0.549. The molecule has 4 heteroatoms. The Balaban J connectivity index is 1.86. The fourth-order valence-corrected chi connectivity index (χ4v) is 2.90. The van der Waals surface area contributed by atoms with Crippen molar-refractivity contribution in [3.8, 4) is 0 Å². The smallest absolute Gasteiger partial charge is 0.185 e. The van der Waals surface area contributed by atoms with Crippen molar-refractivity contribution in [1.29, 1.82) is 0 Å². The molecule has 1 aliphatic carbocycles. The van der Waals surface area contributed by atoms with Crippen molar-refractivity contribution in [2.75, 3.05) is 18.0 Å². The molecular weight excluding hydrogens is 230 g/mol. The van der Waals surface area contributed by atoms with Gasteiger partial charge in [-0.25, -0.2) is 4.98 Å². The second-order valence-corrected chi connectivity index (χ2v) is 6.00. The summed E-state index contributed by atoms with van der Waals surface area (Å²) in [7, 11) is 0. The first kappa shape index (κ1) is 12.8. The summed E-state index contributed by atoms with van der Waals surface area (Å²) in [5.74, 6) is 0.701. The third-order valence-corrected chi connectivity index (χ3v) is 3.90. The Labute approximate surface area is 108 Å². The molecule has 0 unspecified atom stereocenters. The molecule has 1 saturated carbocycles. The molecule has 1 N–H and O–H groups in total. The maximum absolute atomic E-state index is 4.72. The van der Waals surface area contributed by atoms with Crippen molar-refractivity contribution in [3.63, 3.8) is 0 Å². The van der Waals surface area contributed by atoms with Crippen LogP contribution in [0.15, 0.2) is 5.38 Å². The van der Waals surface area contributed by atoms with Crippen LogP contribution in [-0.2, 0) is 6.54 Å². The van der Waals surface area contributed by atoms with Crippen LogP contribution in [-0.4, -0.2) is 24.1 Å². The van der Waals surface area contributed by atoms with E-state index in [1.807, 2.05) is 0 Å². The largest absolute Gasteiger partial charge is 0.345 e. The minimum atomic E-state index is 0.701. The lowest BCUT2D eigenvalue weighted by atomic mass is 10.2. The molecule has 2 rings (SSSR count). The van der Waals surface area contributed by atoms with Gasteiger partial charge in [0.05, 0.1) is 5.69 Å². The van der Waals surface area contributed by atoms with Crippen LogP contribution in [0.4, 0.5) is 5.13 Å². The van der Waals surface area contributed by atoms with Gasteiger partial charge >= 0.3 is 0 Å². The summed E-state index contributed by atoms with van der Waals surface area (Å²) in [6.45, 7) is 9.72. The molecule has 0 radical (unpaired) electrons. The number of rotatable bonds is 7. The fraction of sp³-hybridized carbons (Fsp3) is 0.769. The molecule has 0 atom stereocenters. The van der Waals surface area contributed by atoms with E-state index in [9.17, 15) is 0 Å². The van der Waals surface area contributed by atoms with E-state index in [0.29, 0.717) is 5.92 Å². The monoisotopic (exact) mass is 253 g/mol. The molecule has 3 nitrogen and oxygen atoms in total. The minimum absolute atomic E-state index is 0.701. The molecular formula is C13H23N3S. The molecule has 1 aromatic rings. The van der Waals surface area contributed by atoms with E-state index in [0.717, 1.165) is 25.7 Å². The Hall–Kier alpha value is -0.610. The molecule has 0 aliphatic heterocycles. The summed E-state index contributed by atoms with van der Waals surface area (Å²) in [6, 6.07) is 0.766. The number of nitrogens with one attached hydrogen (secondary N) is 1. The molecule has 0 amide bonds. The summed E-state index contributed by atoms with van der Waals surface area (Å²) >= 11 is 1.78. The predicted molar refractivity (Wildman–Crippen MR) is 74.7 cm³/mol. The number of nitrogens with zero attached hydrogens (tertiary/aromatic N) is 2. The first-order valence-corrected chi connectivity index (χ1v) is 7.50. The predicted octanol–water partition coefficient (Wildman–Crippen LogP) is 2.88. The van der Waals surface area contributed by atoms with Gasteiger partial charge in [-0.05, 0) is 32.2 Å². The maximum Gasteiger partial charge on any atom is 0.185 e. The maximum atomic E-state index is 4.72. The molecule has 1 heterocycles. The highest BCUT2D eigenvalue weighted by Crippen LogP contribution is 2.33. The summed E-state index contributed by atoms with van der Waals surface area (Å²) in [5, 5.41) is 6.84. The Bertz CT molecular complexity index is 344. The van der Waals surface area contributed by atoms with Gasteiger partial charge in [0.25, 0.3) is 0 Å². The number of hydrogen-bond donors (Lipinski definition) is 1. The van der Waals surface area contributed by atoms with Crippen molar-refractivity contribution >= 4 is 16.5 Å². The molecule has 17 heavy (non-hydrogen) atoms. The van der Waals surface area contributed by atoms with E-state index < -0.39 is 0 Å². The second kappa shape index (κ2) is 5.83.